The minimum atomic E-state index is -3.53. The van der Waals surface area contributed by atoms with E-state index in [0.717, 1.165) is 21.5 Å². The maximum Gasteiger partial charge on any atom is 0.242 e. The highest BCUT2D eigenvalue weighted by molar-refractivity contribution is 9.11. The second-order valence-corrected chi connectivity index (χ2v) is 8.87. The van der Waals surface area contributed by atoms with Crippen molar-refractivity contribution < 1.29 is 13.5 Å². The molecule has 2 atom stereocenters. The molecule has 0 radical (unpaired) electrons. The van der Waals surface area contributed by atoms with Gasteiger partial charge < -0.3 is 5.11 Å². The van der Waals surface area contributed by atoms with Gasteiger partial charge in [0.1, 0.15) is 0 Å². The summed E-state index contributed by atoms with van der Waals surface area (Å²) in [5.74, 6) is 0. The molecule has 1 aliphatic carbocycles. The molecule has 4 nitrogen and oxygen atoms in total. The van der Waals surface area contributed by atoms with Crippen LogP contribution in [0.3, 0.4) is 0 Å². The highest BCUT2D eigenvalue weighted by Gasteiger charge is 2.29. The fourth-order valence-electron chi connectivity index (χ4n) is 2.21. The first-order valence-corrected chi connectivity index (χ1v) is 8.96. The molecule has 1 heterocycles. The minimum Gasteiger partial charge on any atom is -0.391 e. The van der Waals surface area contributed by atoms with E-state index in [0.29, 0.717) is 17.7 Å². The largest absolute Gasteiger partial charge is 0.391 e. The number of hydrogen-bond donors (Lipinski definition) is 2. The molecular formula is C11H16BrNO3S2. The van der Waals surface area contributed by atoms with E-state index >= 15 is 0 Å². The third kappa shape index (κ3) is 3.14. The number of rotatable bonds is 3. The molecule has 0 saturated heterocycles. The van der Waals surface area contributed by atoms with Crippen LogP contribution in [0.5, 0.6) is 0 Å². The number of thiophene rings is 1. The Morgan fingerprint density at radius 3 is 2.67 bits per heavy atom. The van der Waals surface area contributed by atoms with Gasteiger partial charge in [-0.2, -0.15) is 0 Å². The summed E-state index contributed by atoms with van der Waals surface area (Å²) in [5.41, 5.74) is 0. The maximum atomic E-state index is 12.2. The molecule has 102 valence electrons. The van der Waals surface area contributed by atoms with Crippen molar-refractivity contribution in [3.05, 3.63) is 14.7 Å². The molecule has 2 rings (SSSR count). The van der Waals surface area contributed by atoms with Gasteiger partial charge in [-0.15, -0.1) is 11.3 Å². The topological polar surface area (TPSA) is 66.4 Å². The molecule has 1 saturated carbocycles. The highest BCUT2D eigenvalue weighted by atomic mass is 79.9. The minimum absolute atomic E-state index is 0.303. The Kier molecular flexibility index (Phi) is 4.48. The summed E-state index contributed by atoms with van der Waals surface area (Å²) < 4.78 is 27.9. The van der Waals surface area contributed by atoms with Gasteiger partial charge in [-0.1, -0.05) is 12.8 Å². The number of sulfonamides is 1. The summed E-state index contributed by atoms with van der Waals surface area (Å²) in [6.45, 7) is 1.78. The van der Waals surface area contributed by atoms with Crippen molar-refractivity contribution in [3.8, 4) is 0 Å². The van der Waals surface area contributed by atoms with Gasteiger partial charge in [0, 0.05) is 10.9 Å². The molecule has 0 bridgehead atoms. The van der Waals surface area contributed by atoms with Gasteiger partial charge in [0.15, 0.2) is 0 Å². The molecule has 7 heteroatoms. The van der Waals surface area contributed by atoms with Crippen molar-refractivity contribution in [1.29, 1.82) is 0 Å². The van der Waals surface area contributed by atoms with E-state index in [1.165, 1.54) is 11.3 Å². The molecule has 2 N–H and O–H groups in total. The molecule has 1 aromatic rings. The van der Waals surface area contributed by atoms with Gasteiger partial charge in [-0.25, -0.2) is 13.1 Å². The lowest BCUT2D eigenvalue weighted by Gasteiger charge is -2.28. The molecule has 0 amide bonds. The number of aliphatic hydroxyl groups is 1. The molecule has 18 heavy (non-hydrogen) atoms. The number of halogens is 1. The number of hydrogen-bond acceptors (Lipinski definition) is 4. The highest BCUT2D eigenvalue weighted by Crippen LogP contribution is 2.30. The lowest BCUT2D eigenvalue weighted by Crippen LogP contribution is -2.44. The molecule has 0 aromatic carbocycles. The molecule has 1 aromatic heterocycles. The van der Waals surface area contributed by atoms with Crippen LogP contribution in [-0.2, 0) is 10.0 Å². The average Bonchev–Trinajstić information content (AvgIpc) is 2.62. The first kappa shape index (κ1) is 14.5. The van der Waals surface area contributed by atoms with Crippen LogP contribution < -0.4 is 4.72 Å². The first-order valence-electron chi connectivity index (χ1n) is 5.86. The normalized spacial score (nSPS) is 25.3. The molecule has 0 aliphatic heterocycles. The molecule has 0 unspecified atom stereocenters. The summed E-state index contributed by atoms with van der Waals surface area (Å²) in [6, 6.07) is 1.25. The van der Waals surface area contributed by atoms with E-state index in [2.05, 4.69) is 20.7 Å². The van der Waals surface area contributed by atoms with Crippen LogP contribution in [0.25, 0.3) is 0 Å². The molecular weight excluding hydrogens is 338 g/mol. The maximum absolute atomic E-state index is 12.2. The van der Waals surface area contributed by atoms with Crippen LogP contribution in [0.2, 0.25) is 0 Å². The fraction of sp³-hybridized carbons (Fsp3) is 0.636. The second kappa shape index (κ2) is 5.58. The van der Waals surface area contributed by atoms with Crippen molar-refractivity contribution in [2.24, 2.45) is 0 Å². The van der Waals surface area contributed by atoms with Gasteiger partial charge in [-0.3, -0.25) is 0 Å². The quantitative estimate of drug-likeness (QED) is 0.876. The Morgan fingerprint density at radius 1 is 1.44 bits per heavy atom. The molecule has 1 aliphatic rings. The molecule has 0 spiro atoms. The smallest absolute Gasteiger partial charge is 0.242 e. The third-order valence-corrected chi connectivity index (χ3v) is 6.47. The van der Waals surface area contributed by atoms with Crippen molar-refractivity contribution >= 4 is 37.3 Å². The van der Waals surface area contributed by atoms with E-state index < -0.39 is 16.1 Å². The van der Waals surface area contributed by atoms with E-state index in [1.54, 1.807) is 13.0 Å². The van der Waals surface area contributed by atoms with Crippen molar-refractivity contribution in [1.82, 2.24) is 4.72 Å². The zero-order valence-electron chi connectivity index (χ0n) is 10.0. The van der Waals surface area contributed by atoms with Gasteiger partial charge in [0.2, 0.25) is 10.0 Å². The zero-order chi connectivity index (χ0) is 13.3. The fourth-order valence-corrected chi connectivity index (χ4v) is 5.93. The number of aryl methyl sites for hydroxylation is 1. The van der Waals surface area contributed by atoms with E-state index in [1.807, 2.05) is 0 Å². The number of nitrogens with one attached hydrogen (secondary N) is 1. The van der Waals surface area contributed by atoms with Crippen LogP contribution in [0, 0.1) is 6.92 Å². The number of aliphatic hydroxyl groups excluding tert-OH is 1. The second-order valence-electron chi connectivity index (χ2n) is 4.55. The zero-order valence-corrected chi connectivity index (χ0v) is 13.2. The average molecular weight is 354 g/mol. The van der Waals surface area contributed by atoms with Crippen molar-refractivity contribution in [2.45, 2.75) is 49.6 Å². The predicted octanol–water partition coefficient (Wildman–Crippen LogP) is 2.40. The van der Waals surface area contributed by atoms with Gasteiger partial charge in [0.05, 0.1) is 14.8 Å². The van der Waals surface area contributed by atoms with Crippen LogP contribution >= 0.6 is 27.3 Å². The van der Waals surface area contributed by atoms with Crippen molar-refractivity contribution in [2.75, 3.05) is 0 Å². The summed E-state index contributed by atoms with van der Waals surface area (Å²) in [4.78, 5) is 1.05. The summed E-state index contributed by atoms with van der Waals surface area (Å²) in [6.07, 6.45) is 2.71. The Bertz CT molecular complexity index is 526. The van der Waals surface area contributed by atoms with E-state index in [-0.39, 0.29) is 6.04 Å². The molecule has 1 fully saturated rings. The lowest BCUT2D eigenvalue weighted by molar-refractivity contribution is 0.101. The third-order valence-electron chi connectivity index (χ3n) is 3.17. The van der Waals surface area contributed by atoms with E-state index in [9.17, 15) is 13.5 Å². The van der Waals surface area contributed by atoms with Gasteiger partial charge in [0.25, 0.3) is 0 Å². The van der Waals surface area contributed by atoms with Gasteiger partial charge >= 0.3 is 0 Å². The monoisotopic (exact) mass is 353 g/mol. The van der Waals surface area contributed by atoms with Crippen LogP contribution in [0.15, 0.2) is 14.7 Å². The van der Waals surface area contributed by atoms with Gasteiger partial charge in [-0.05, 0) is 41.8 Å². The van der Waals surface area contributed by atoms with Crippen LogP contribution in [0.1, 0.15) is 30.6 Å². The Morgan fingerprint density at radius 2 is 2.11 bits per heavy atom. The Balaban J connectivity index is 2.19. The summed E-state index contributed by atoms with van der Waals surface area (Å²) >= 11 is 4.68. The SMILES string of the molecule is Cc1sc(Br)cc1S(=O)(=O)N[C@H]1CCCC[C@@H]1O. The predicted molar refractivity (Wildman–Crippen MR) is 75.3 cm³/mol. The summed E-state index contributed by atoms with van der Waals surface area (Å²) in [5, 5.41) is 9.82. The van der Waals surface area contributed by atoms with Crippen LogP contribution in [-0.4, -0.2) is 25.7 Å². The van der Waals surface area contributed by atoms with E-state index in [4.69, 9.17) is 0 Å². The Labute approximate surface area is 120 Å². The summed E-state index contributed by atoms with van der Waals surface area (Å²) in [7, 11) is -3.53. The van der Waals surface area contributed by atoms with Crippen LogP contribution in [0.4, 0.5) is 0 Å². The Hall–Kier alpha value is 0.0500. The first-order chi connectivity index (χ1) is 8.40. The standard InChI is InChI=1S/C11H16BrNO3S2/c1-7-10(6-11(12)17-7)18(15,16)13-8-4-2-3-5-9(8)14/h6,8-9,13-14H,2-5H2,1H3/t8-,9-/m0/s1. The van der Waals surface area contributed by atoms with Crippen molar-refractivity contribution in [3.63, 3.8) is 0 Å². The lowest BCUT2D eigenvalue weighted by atomic mass is 9.93.